The van der Waals surface area contributed by atoms with Gasteiger partial charge >= 0.3 is 0 Å². The van der Waals surface area contributed by atoms with Gasteiger partial charge in [0.2, 0.25) is 0 Å². The topological polar surface area (TPSA) is 58.9 Å². The molecule has 2 N–H and O–H groups in total. The van der Waals surface area contributed by atoms with Crippen molar-refractivity contribution in [1.29, 1.82) is 0 Å². The fourth-order valence-electron chi connectivity index (χ4n) is 1.30. The van der Waals surface area contributed by atoms with Crippen molar-refractivity contribution in [2.24, 2.45) is 0 Å². The minimum atomic E-state index is -0.838. The van der Waals surface area contributed by atoms with Crippen LogP contribution < -0.4 is 4.74 Å². The lowest BCUT2D eigenvalue weighted by Gasteiger charge is -2.11. The number of hydrogen-bond donors (Lipinski definition) is 2. The van der Waals surface area contributed by atoms with E-state index >= 15 is 0 Å². The molecule has 1 aromatic rings. The molecule has 1 rings (SSSR count). The van der Waals surface area contributed by atoms with Gasteiger partial charge in [0.15, 0.2) is 0 Å². The lowest BCUT2D eigenvalue weighted by molar-refractivity contribution is 0.0535. The van der Waals surface area contributed by atoms with Gasteiger partial charge in [-0.25, -0.2) is 0 Å². The monoisotopic (exact) mass is 240 g/mol. The second-order valence-corrected chi connectivity index (χ2v) is 3.85. The Balaban J connectivity index is 2.42. The molecule has 1 unspecified atom stereocenters. The zero-order valence-corrected chi connectivity index (χ0v) is 10.1. The van der Waals surface area contributed by atoms with E-state index in [1.54, 1.807) is 0 Å². The highest BCUT2D eigenvalue weighted by Crippen LogP contribution is 2.14. The van der Waals surface area contributed by atoms with Crippen molar-refractivity contribution in [1.82, 2.24) is 0 Å². The molecular weight excluding hydrogens is 220 g/mol. The molecule has 0 aliphatic heterocycles. The smallest absolute Gasteiger partial charge is 0.119 e. The van der Waals surface area contributed by atoms with Gasteiger partial charge in [0.1, 0.15) is 18.5 Å². The van der Waals surface area contributed by atoms with Crippen LogP contribution in [0.25, 0.3) is 0 Å². The van der Waals surface area contributed by atoms with Gasteiger partial charge in [-0.2, -0.15) is 0 Å². The van der Waals surface area contributed by atoms with Crippen LogP contribution in [0.1, 0.15) is 18.9 Å². The third-order valence-corrected chi connectivity index (χ3v) is 2.17. The lowest BCUT2D eigenvalue weighted by Crippen LogP contribution is -2.21. The van der Waals surface area contributed by atoms with E-state index in [-0.39, 0.29) is 13.2 Å². The first-order valence-corrected chi connectivity index (χ1v) is 5.84. The Morgan fingerprint density at radius 2 is 2.18 bits per heavy atom. The van der Waals surface area contributed by atoms with Crippen molar-refractivity contribution in [3.8, 4) is 5.75 Å². The summed E-state index contributed by atoms with van der Waals surface area (Å²) in [5, 5.41) is 17.8. The predicted molar refractivity (Wildman–Crippen MR) is 65.0 cm³/mol. The Kier molecular flexibility index (Phi) is 6.62. The van der Waals surface area contributed by atoms with E-state index in [1.807, 2.05) is 24.3 Å². The van der Waals surface area contributed by atoms with Gasteiger partial charge in [0.25, 0.3) is 0 Å². The molecule has 96 valence electrons. The molecule has 4 heteroatoms. The van der Waals surface area contributed by atoms with E-state index in [2.05, 4.69) is 6.92 Å². The number of benzene rings is 1. The first-order valence-electron chi connectivity index (χ1n) is 5.84. The molecule has 0 fully saturated rings. The summed E-state index contributed by atoms with van der Waals surface area (Å²) < 4.78 is 10.8. The maximum absolute atomic E-state index is 9.16. The van der Waals surface area contributed by atoms with Crippen LogP contribution in [0.3, 0.4) is 0 Å². The van der Waals surface area contributed by atoms with Crippen LogP contribution in [0.2, 0.25) is 0 Å². The number of aliphatic hydroxyl groups is 2. The Labute approximate surface area is 102 Å². The maximum Gasteiger partial charge on any atom is 0.119 e. The minimum absolute atomic E-state index is 0.0930. The third kappa shape index (κ3) is 5.68. The fraction of sp³-hybridized carbons (Fsp3) is 0.538. The van der Waals surface area contributed by atoms with Gasteiger partial charge in [-0.3, -0.25) is 0 Å². The highest BCUT2D eigenvalue weighted by Gasteiger charge is 2.03. The normalized spacial score (nSPS) is 12.4. The van der Waals surface area contributed by atoms with E-state index in [4.69, 9.17) is 19.7 Å². The number of ether oxygens (including phenoxy) is 2. The summed E-state index contributed by atoms with van der Waals surface area (Å²) in [7, 11) is 0. The van der Waals surface area contributed by atoms with Crippen LogP contribution >= 0.6 is 0 Å². The summed E-state index contributed by atoms with van der Waals surface area (Å²) >= 11 is 0. The molecule has 0 aliphatic rings. The Bertz CT molecular complexity index is 314. The predicted octanol–water partition coefficient (Wildman–Crippen LogP) is 1.35. The molecule has 0 aliphatic carbocycles. The van der Waals surface area contributed by atoms with E-state index < -0.39 is 6.10 Å². The summed E-state index contributed by atoms with van der Waals surface area (Å²) in [5.41, 5.74) is 1.04. The van der Waals surface area contributed by atoms with Crippen molar-refractivity contribution in [3.05, 3.63) is 29.8 Å². The first kappa shape index (κ1) is 14.0. The molecule has 0 spiro atoms. The first-order chi connectivity index (χ1) is 8.26. The van der Waals surface area contributed by atoms with Crippen LogP contribution in [-0.2, 0) is 11.3 Å². The molecule has 0 aromatic heterocycles. The molecule has 0 saturated heterocycles. The summed E-state index contributed by atoms with van der Waals surface area (Å²) in [6.45, 7) is 3.17. The Morgan fingerprint density at radius 1 is 1.35 bits per heavy atom. The van der Waals surface area contributed by atoms with E-state index in [1.165, 1.54) is 0 Å². The zero-order chi connectivity index (χ0) is 12.5. The van der Waals surface area contributed by atoms with Crippen molar-refractivity contribution in [3.63, 3.8) is 0 Å². The van der Waals surface area contributed by atoms with E-state index in [0.717, 1.165) is 18.6 Å². The van der Waals surface area contributed by atoms with Gasteiger partial charge in [-0.1, -0.05) is 19.1 Å². The van der Waals surface area contributed by atoms with Crippen molar-refractivity contribution in [2.75, 3.05) is 19.8 Å². The largest absolute Gasteiger partial charge is 0.491 e. The van der Waals surface area contributed by atoms with Gasteiger partial charge in [0.05, 0.1) is 13.2 Å². The van der Waals surface area contributed by atoms with Crippen LogP contribution in [-0.4, -0.2) is 36.1 Å². The molecule has 1 atom stereocenters. The van der Waals surface area contributed by atoms with Gasteiger partial charge in [-0.05, 0) is 24.1 Å². The van der Waals surface area contributed by atoms with Gasteiger partial charge in [0, 0.05) is 6.61 Å². The maximum atomic E-state index is 9.16. The number of hydrogen-bond acceptors (Lipinski definition) is 4. The number of aliphatic hydroxyl groups excluding tert-OH is 2. The average molecular weight is 240 g/mol. The summed E-state index contributed by atoms with van der Waals surface area (Å²) in [6, 6.07) is 7.53. The summed E-state index contributed by atoms with van der Waals surface area (Å²) in [6.07, 6.45) is 0.161. The summed E-state index contributed by atoms with van der Waals surface area (Å²) in [4.78, 5) is 0. The molecule has 4 nitrogen and oxygen atoms in total. The highest BCUT2D eigenvalue weighted by atomic mass is 16.5. The summed E-state index contributed by atoms with van der Waals surface area (Å²) in [5.74, 6) is 0.676. The molecule has 0 amide bonds. The minimum Gasteiger partial charge on any atom is -0.491 e. The second kappa shape index (κ2) is 8.06. The molecule has 17 heavy (non-hydrogen) atoms. The molecule has 1 aromatic carbocycles. The van der Waals surface area contributed by atoms with Crippen molar-refractivity contribution >= 4 is 0 Å². The SMILES string of the molecule is CCCOCc1cccc(OCC(O)CO)c1. The fourth-order valence-corrected chi connectivity index (χ4v) is 1.30. The van der Waals surface area contributed by atoms with Crippen molar-refractivity contribution in [2.45, 2.75) is 26.1 Å². The zero-order valence-electron chi connectivity index (χ0n) is 10.1. The lowest BCUT2D eigenvalue weighted by atomic mass is 10.2. The Hall–Kier alpha value is -1.10. The molecule has 0 saturated carbocycles. The standard InChI is InChI=1S/C13H20O4/c1-2-6-16-9-11-4-3-5-13(7-11)17-10-12(15)8-14/h3-5,7,12,14-15H,2,6,8-10H2,1H3. The molecule has 0 radical (unpaired) electrons. The highest BCUT2D eigenvalue weighted by molar-refractivity contribution is 5.28. The van der Waals surface area contributed by atoms with E-state index in [0.29, 0.717) is 12.4 Å². The Morgan fingerprint density at radius 3 is 2.88 bits per heavy atom. The van der Waals surface area contributed by atoms with Crippen LogP contribution in [0.4, 0.5) is 0 Å². The number of rotatable bonds is 8. The quantitative estimate of drug-likeness (QED) is 0.673. The van der Waals surface area contributed by atoms with Crippen LogP contribution in [0.5, 0.6) is 5.75 Å². The molecular formula is C13H20O4. The second-order valence-electron chi connectivity index (χ2n) is 3.85. The molecule has 0 bridgehead atoms. The van der Waals surface area contributed by atoms with E-state index in [9.17, 15) is 0 Å². The van der Waals surface area contributed by atoms with Gasteiger partial charge in [-0.15, -0.1) is 0 Å². The van der Waals surface area contributed by atoms with Crippen LogP contribution in [0.15, 0.2) is 24.3 Å². The van der Waals surface area contributed by atoms with Crippen LogP contribution in [0, 0.1) is 0 Å². The molecule has 0 heterocycles. The third-order valence-electron chi connectivity index (χ3n) is 2.17. The van der Waals surface area contributed by atoms with Gasteiger partial charge < -0.3 is 19.7 Å². The average Bonchev–Trinajstić information content (AvgIpc) is 2.37. The van der Waals surface area contributed by atoms with Crippen molar-refractivity contribution < 1.29 is 19.7 Å².